The standard InChI is InChI=1S/C14H33NO2Si/c1-8-10-12-15(13-11-9-2)18(16-6,17-7)14(3,4)5/h8-13H2,1-7H3. The van der Waals surface area contributed by atoms with Crippen LogP contribution >= 0.6 is 0 Å². The van der Waals surface area contributed by atoms with Crippen molar-refractivity contribution in [3.05, 3.63) is 0 Å². The van der Waals surface area contributed by atoms with Gasteiger partial charge in [0.2, 0.25) is 0 Å². The molecule has 0 aromatic carbocycles. The fraction of sp³-hybridized carbons (Fsp3) is 1.00. The molecule has 0 radical (unpaired) electrons. The molecule has 0 spiro atoms. The van der Waals surface area contributed by atoms with Gasteiger partial charge in [-0.15, -0.1) is 0 Å². The van der Waals surface area contributed by atoms with Gasteiger partial charge in [0.1, 0.15) is 0 Å². The third-order valence-corrected chi connectivity index (χ3v) is 7.76. The Morgan fingerprint density at radius 1 is 0.889 bits per heavy atom. The molecule has 0 aliphatic rings. The van der Waals surface area contributed by atoms with Gasteiger partial charge in [0.15, 0.2) is 0 Å². The van der Waals surface area contributed by atoms with E-state index in [1.807, 2.05) is 14.2 Å². The van der Waals surface area contributed by atoms with E-state index < -0.39 is 8.72 Å². The number of hydrogen-bond acceptors (Lipinski definition) is 3. The van der Waals surface area contributed by atoms with Crippen molar-refractivity contribution in [1.82, 2.24) is 4.57 Å². The molecular formula is C14H33NO2Si. The molecule has 0 N–H and O–H groups in total. The largest absolute Gasteiger partial charge is 0.432 e. The van der Waals surface area contributed by atoms with E-state index in [2.05, 4.69) is 39.2 Å². The summed E-state index contributed by atoms with van der Waals surface area (Å²) >= 11 is 0. The van der Waals surface area contributed by atoms with Gasteiger partial charge in [-0.1, -0.05) is 47.5 Å². The zero-order chi connectivity index (χ0) is 14.2. The Balaban J connectivity index is 5.06. The van der Waals surface area contributed by atoms with Crippen molar-refractivity contribution in [2.75, 3.05) is 27.3 Å². The summed E-state index contributed by atoms with van der Waals surface area (Å²) in [5.41, 5.74) is 0. The number of unbranched alkanes of at least 4 members (excludes halogenated alkanes) is 2. The second-order valence-electron chi connectivity index (χ2n) is 5.93. The molecule has 0 saturated carbocycles. The molecule has 0 heterocycles. The van der Waals surface area contributed by atoms with E-state index in [4.69, 9.17) is 8.85 Å². The summed E-state index contributed by atoms with van der Waals surface area (Å²) < 4.78 is 14.4. The van der Waals surface area contributed by atoms with Crippen molar-refractivity contribution in [2.45, 2.75) is 65.3 Å². The fourth-order valence-electron chi connectivity index (χ4n) is 2.53. The van der Waals surface area contributed by atoms with E-state index in [0.29, 0.717) is 0 Å². The molecule has 0 aliphatic carbocycles. The molecule has 0 unspecified atom stereocenters. The highest BCUT2D eigenvalue weighted by Gasteiger charge is 2.53. The van der Waals surface area contributed by atoms with E-state index in [-0.39, 0.29) is 5.04 Å². The maximum Gasteiger partial charge on any atom is 0.432 e. The zero-order valence-electron chi connectivity index (χ0n) is 13.5. The Morgan fingerprint density at radius 3 is 1.50 bits per heavy atom. The first-order chi connectivity index (χ1) is 8.39. The van der Waals surface area contributed by atoms with Gasteiger partial charge < -0.3 is 8.85 Å². The van der Waals surface area contributed by atoms with Gasteiger partial charge in [-0.05, 0) is 25.9 Å². The smallest absolute Gasteiger partial charge is 0.386 e. The monoisotopic (exact) mass is 275 g/mol. The van der Waals surface area contributed by atoms with E-state index in [1.165, 1.54) is 25.7 Å². The van der Waals surface area contributed by atoms with Crippen LogP contribution in [0.1, 0.15) is 60.3 Å². The van der Waals surface area contributed by atoms with Gasteiger partial charge in [0, 0.05) is 19.3 Å². The molecule has 0 fully saturated rings. The molecule has 0 saturated heterocycles. The second kappa shape index (κ2) is 8.30. The van der Waals surface area contributed by atoms with Crippen LogP contribution in [0.5, 0.6) is 0 Å². The summed E-state index contributed by atoms with van der Waals surface area (Å²) in [5, 5.41) is 0.0536. The highest BCUT2D eigenvalue weighted by atomic mass is 28.4. The minimum atomic E-state index is -2.32. The average molecular weight is 276 g/mol. The Kier molecular flexibility index (Phi) is 8.35. The van der Waals surface area contributed by atoms with Crippen LogP contribution in [0.4, 0.5) is 0 Å². The van der Waals surface area contributed by atoms with Gasteiger partial charge in [0.25, 0.3) is 0 Å². The number of rotatable bonds is 9. The third kappa shape index (κ3) is 4.33. The summed E-state index contributed by atoms with van der Waals surface area (Å²) in [6.07, 6.45) is 4.85. The summed E-state index contributed by atoms with van der Waals surface area (Å²) in [5.74, 6) is 0. The Morgan fingerprint density at radius 2 is 1.28 bits per heavy atom. The van der Waals surface area contributed by atoms with E-state index in [9.17, 15) is 0 Å². The Bertz CT molecular complexity index is 204. The summed E-state index contributed by atoms with van der Waals surface area (Å²) in [4.78, 5) is 0. The first kappa shape index (κ1) is 18.1. The lowest BCUT2D eigenvalue weighted by Gasteiger charge is -2.46. The van der Waals surface area contributed by atoms with Gasteiger partial charge in [-0.25, -0.2) is 0 Å². The van der Waals surface area contributed by atoms with Crippen molar-refractivity contribution < 1.29 is 8.85 Å². The molecule has 0 aromatic rings. The topological polar surface area (TPSA) is 21.7 Å². The van der Waals surface area contributed by atoms with Gasteiger partial charge in [-0.2, -0.15) is 0 Å². The fourth-order valence-corrected chi connectivity index (χ4v) is 6.29. The molecule has 0 atom stereocenters. The molecule has 0 rings (SSSR count). The molecule has 4 heteroatoms. The minimum Gasteiger partial charge on any atom is -0.386 e. The van der Waals surface area contributed by atoms with E-state index >= 15 is 0 Å². The van der Waals surface area contributed by atoms with Crippen LogP contribution in [-0.2, 0) is 8.85 Å². The van der Waals surface area contributed by atoms with Crippen LogP contribution in [-0.4, -0.2) is 40.6 Å². The van der Waals surface area contributed by atoms with Crippen molar-refractivity contribution in [2.24, 2.45) is 0 Å². The van der Waals surface area contributed by atoms with Crippen molar-refractivity contribution >= 4 is 8.72 Å². The SMILES string of the molecule is CCCCN(CCCC)[Si](OC)(OC)C(C)(C)C. The summed E-state index contributed by atoms with van der Waals surface area (Å²) in [6, 6.07) is 0. The molecule has 0 amide bonds. The molecule has 0 bridgehead atoms. The molecule has 0 aromatic heterocycles. The van der Waals surface area contributed by atoms with Crippen molar-refractivity contribution in [3.63, 3.8) is 0 Å². The first-order valence-electron chi connectivity index (χ1n) is 7.25. The van der Waals surface area contributed by atoms with Crippen LogP contribution in [0, 0.1) is 0 Å². The number of nitrogens with zero attached hydrogens (tertiary/aromatic N) is 1. The molecule has 3 nitrogen and oxygen atoms in total. The highest BCUT2D eigenvalue weighted by molar-refractivity contribution is 6.67. The highest BCUT2D eigenvalue weighted by Crippen LogP contribution is 2.39. The predicted octanol–water partition coefficient (Wildman–Crippen LogP) is 3.92. The normalized spacial score (nSPS) is 13.3. The molecular weight excluding hydrogens is 242 g/mol. The summed E-state index contributed by atoms with van der Waals surface area (Å²) in [6.45, 7) is 13.3. The second-order valence-corrected chi connectivity index (χ2v) is 10.0. The van der Waals surface area contributed by atoms with E-state index in [1.54, 1.807) is 0 Å². The maximum atomic E-state index is 5.95. The number of hydrogen-bond donors (Lipinski definition) is 0. The first-order valence-corrected chi connectivity index (χ1v) is 9.01. The summed E-state index contributed by atoms with van der Waals surface area (Å²) in [7, 11) is 1.31. The van der Waals surface area contributed by atoms with Crippen LogP contribution in [0.15, 0.2) is 0 Å². The molecule has 18 heavy (non-hydrogen) atoms. The third-order valence-electron chi connectivity index (χ3n) is 3.48. The lowest BCUT2D eigenvalue weighted by atomic mass is 10.2. The van der Waals surface area contributed by atoms with Crippen molar-refractivity contribution in [3.8, 4) is 0 Å². The van der Waals surface area contributed by atoms with Gasteiger partial charge in [-0.3, -0.25) is 4.57 Å². The quantitative estimate of drug-likeness (QED) is 0.595. The van der Waals surface area contributed by atoms with Gasteiger partial charge in [0.05, 0.1) is 0 Å². The minimum absolute atomic E-state index is 0.0536. The van der Waals surface area contributed by atoms with Gasteiger partial charge >= 0.3 is 8.72 Å². The molecule has 110 valence electrons. The lowest BCUT2D eigenvalue weighted by molar-refractivity contribution is 0.134. The van der Waals surface area contributed by atoms with Crippen LogP contribution in [0.3, 0.4) is 0 Å². The zero-order valence-corrected chi connectivity index (χ0v) is 14.5. The van der Waals surface area contributed by atoms with Crippen LogP contribution < -0.4 is 0 Å². The molecule has 0 aliphatic heterocycles. The van der Waals surface area contributed by atoms with Crippen molar-refractivity contribution in [1.29, 1.82) is 0 Å². The van der Waals surface area contributed by atoms with Crippen LogP contribution in [0.25, 0.3) is 0 Å². The predicted molar refractivity (Wildman–Crippen MR) is 80.9 cm³/mol. The average Bonchev–Trinajstić information content (AvgIpc) is 2.31. The Hall–Kier alpha value is 0.0969. The van der Waals surface area contributed by atoms with E-state index in [0.717, 1.165) is 13.1 Å². The maximum absolute atomic E-state index is 5.95. The lowest BCUT2D eigenvalue weighted by Crippen LogP contribution is -2.63. The van der Waals surface area contributed by atoms with Crippen LogP contribution in [0.2, 0.25) is 5.04 Å². The Labute approximate surface area is 115 Å².